The molecule has 0 atom stereocenters. The molecule has 17 heavy (non-hydrogen) atoms. The lowest BCUT2D eigenvalue weighted by Gasteiger charge is -2.22. The van der Waals surface area contributed by atoms with Crippen LogP contribution < -0.4 is 0 Å². The van der Waals surface area contributed by atoms with Crippen molar-refractivity contribution in [3.8, 4) is 0 Å². The van der Waals surface area contributed by atoms with Crippen molar-refractivity contribution in [1.29, 1.82) is 0 Å². The molecule has 0 N–H and O–H groups in total. The zero-order chi connectivity index (χ0) is 12.2. The predicted molar refractivity (Wildman–Crippen MR) is 73.6 cm³/mol. The van der Waals surface area contributed by atoms with Gasteiger partial charge >= 0.3 is 0 Å². The molecule has 0 saturated heterocycles. The SMILES string of the molecule is COC1=C(OC)c2nc3c(Br)sc(Br)c3nc21. The number of methoxy groups -OCH3 is 2. The molecular formula is C10H6Br2N2O2S. The first-order chi connectivity index (χ1) is 8.17. The van der Waals surface area contributed by atoms with E-state index in [4.69, 9.17) is 9.47 Å². The van der Waals surface area contributed by atoms with Gasteiger partial charge in [-0.05, 0) is 31.9 Å². The third kappa shape index (κ3) is 1.45. The quantitative estimate of drug-likeness (QED) is 0.801. The molecule has 0 spiro atoms. The van der Waals surface area contributed by atoms with Crippen molar-refractivity contribution in [2.75, 3.05) is 14.2 Å². The van der Waals surface area contributed by atoms with Gasteiger partial charge in [0.1, 0.15) is 22.4 Å². The first-order valence-electron chi connectivity index (χ1n) is 4.66. The maximum atomic E-state index is 5.24. The van der Waals surface area contributed by atoms with Crippen molar-refractivity contribution in [2.24, 2.45) is 0 Å². The largest absolute Gasteiger partial charge is 0.491 e. The number of ether oxygens (including phenoxy) is 2. The summed E-state index contributed by atoms with van der Waals surface area (Å²) in [7, 11) is 3.20. The van der Waals surface area contributed by atoms with Crippen LogP contribution in [0.25, 0.3) is 22.6 Å². The zero-order valence-corrected chi connectivity index (χ0v) is 12.9. The second-order valence-corrected chi connectivity index (χ2v) is 6.99. The molecular weight excluding hydrogens is 372 g/mol. The number of aromatic nitrogens is 2. The third-order valence-electron chi connectivity index (χ3n) is 2.49. The minimum absolute atomic E-state index is 0.658. The van der Waals surface area contributed by atoms with Gasteiger partial charge in [-0.15, -0.1) is 11.3 Å². The number of thiophene rings is 1. The summed E-state index contributed by atoms with van der Waals surface area (Å²) >= 11 is 8.50. The minimum Gasteiger partial charge on any atom is -0.491 e. The fraction of sp³-hybridized carbons (Fsp3) is 0.200. The number of halogens is 2. The summed E-state index contributed by atoms with van der Waals surface area (Å²) in [4.78, 5) is 9.08. The van der Waals surface area contributed by atoms with Gasteiger partial charge in [0.2, 0.25) is 0 Å². The Morgan fingerprint density at radius 2 is 1.29 bits per heavy atom. The average molecular weight is 378 g/mol. The molecule has 2 heterocycles. The Bertz CT molecular complexity index is 612. The van der Waals surface area contributed by atoms with E-state index in [2.05, 4.69) is 41.8 Å². The highest BCUT2D eigenvalue weighted by Crippen LogP contribution is 2.43. The highest BCUT2D eigenvalue weighted by atomic mass is 79.9. The van der Waals surface area contributed by atoms with Gasteiger partial charge in [0.25, 0.3) is 0 Å². The third-order valence-corrected chi connectivity index (χ3v) is 4.96. The van der Waals surface area contributed by atoms with Crippen LogP contribution in [-0.2, 0) is 9.47 Å². The Morgan fingerprint density at radius 1 is 0.882 bits per heavy atom. The van der Waals surface area contributed by atoms with Crippen LogP contribution in [0.1, 0.15) is 11.4 Å². The van der Waals surface area contributed by atoms with Crippen LogP contribution in [0.5, 0.6) is 0 Å². The normalized spacial score (nSPS) is 13.6. The molecule has 0 amide bonds. The Morgan fingerprint density at radius 3 is 1.65 bits per heavy atom. The Labute approximate surface area is 118 Å². The number of hydrogen-bond donors (Lipinski definition) is 0. The Hall–Kier alpha value is -0.660. The standard InChI is InChI=1S/C10H6Br2N2O2S/c1-15-7-3-4(8(7)16-2)14-6-5(13-3)9(11)17-10(6)12/h1-2H3. The Kier molecular flexibility index (Phi) is 2.64. The van der Waals surface area contributed by atoms with Crippen molar-refractivity contribution < 1.29 is 9.47 Å². The van der Waals surface area contributed by atoms with E-state index >= 15 is 0 Å². The lowest BCUT2D eigenvalue weighted by atomic mass is 10.0. The molecule has 4 nitrogen and oxygen atoms in total. The lowest BCUT2D eigenvalue weighted by Crippen LogP contribution is -2.14. The van der Waals surface area contributed by atoms with E-state index in [9.17, 15) is 0 Å². The van der Waals surface area contributed by atoms with Crippen LogP contribution in [0, 0.1) is 0 Å². The van der Waals surface area contributed by atoms with Crippen molar-refractivity contribution in [3.63, 3.8) is 0 Å². The van der Waals surface area contributed by atoms with Gasteiger partial charge in [0.15, 0.2) is 11.5 Å². The second kappa shape index (κ2) is 3.93. The first-order valence-corrected chi connectivity index (χ1v) is 7.06. The van der Waals surface area contributed by atoms with Crippen LogP contribution in [-0.4, -0.2) is 24.2 Å². The van der Waals surface area contributed by atoms with Gasteiger partial charge in [-0.3, -0.25) is 0 Å². The van der Waals surface area contributed by atoms with Crippen LogP contribution in [0.3, 0.4) is 0 Å². The van der Waals surface area contributed by atoms with Gasteiger partial charge in [-0.1, -0.05) is 0 Å². The minimum atomic E-state index is 0.658. The molecule has 0 unspecified atom stereocenters. The molecule has 7 heteroatoms. The average Bonchev–Trinajstić information content (AvgIpc) is 2.56. The molecule has 0 aliphatic heterocycles. The molecule has 1 aliphatic rings. The summed E-state index contributed by atoms with van der Waals surface area (Å²) in [5, 5.41) is 0. The summed E-state index contributed by atoms with van der Waals surface area (Å²) in [6.45, 7) is 0. The summed E-state index contributed by atoms with van der Waals surface area (Å²) in [5.74, 6) is 1.32. The molecule has 0 radical (unpaired) electrons. The fourth-order valence-electron chi connectivity index (χ4n) is 1.73. The molecule has 0 aromatic carbocycles. The van der Waals surface area contributed by atoms with Gasteiger partial charge in [-0.25, -0.2) is 9.97 Å². The smallest absolute Gasteiger partial charge is 0.191 e. The van der Waals surface area contributed by atoms with Gasteiger partial charge in [-0.2, -0.15) is 0 Å². The Balaban J connectivity index is 2.28. The maximum Gasteiger partial charge on any atom is 0.191 e. The molecule has 2 aromatic heterocycles. The zero-order valence-electron chi connectivity index (χ0n) is 8.88. The monoisotopic (exact) mass is 376 g/mol. The highest BCUT2D eigenvalue weighted by molar-refractivity contribution is 9.12. The molecule has 88 valence electrons. The number of rotatable bonds is 2. The van der Waals surface area contributed by atoms with E-state index in [0.29, 0.717) is 11.5 Å². The van der Waals surface area contributed by atoms with Crippen LogP contribution in [0.4, 0.5) is 0 Å². The summed E-state index contributed by atoms with van der Waals surface area (Å²) < 4.78 is 12.4. The van der Waals surface area contributed by atoms with Crippen molar-refractivity contribution in [1.82, 2.24) is 9.97 Å². The maximum absolute atomic E-state index is 5.24. The summed E-state index contributed by atoms with van der Waals surface area (Å²) in [6, 6.07) is 0. The molecule has 2 aromatic rings. The van der Waals surface area contributed by atoms with E-state index in [1.807, 2.05) is 0 Å². The number of nitrogens with zero attached hydrogens (tertiary/aromatic N) is 2. The van der Waals surface area contributed by atoms with E-state index in [-0.39, 0.29) is 0 Å². The topological polar surface area (TPSA) is 44.2 Å². The molecule has 0 saturated carbocycles. The first kappa shape index (κ1) is 11.4. The molecule has 3 rings (SSSR count). The highest BCUT2D eigenvalue weighted by Gasteiger charge is 2.33. The lowest BCUT2D eigenvalue weighted by molar-refractivity contribution is 0.315. The molecule has 0 bridgehead atoms. The van der Waals surface area contributed by atoms with Crippen LogP contribution in [0.15, 0.2) is 7.57 Å². The van der Waals surface area contributed by atoms with E-state index < -0.39 is 0 Å². The van der Waals surface area contributed by atoms with E-state index in [1.54, 1.807) is 25.6 Å². The summed E-state index contributed by atoms with van der Waals surface area (Å²) in [5.41, 5.74) is 3.18. The van der Waals surface area contributed by atoms with Gasteiger partial charge < -0.3 is 9.47 Å². The predicted octanol–water partition coefficient (Wildman–Crippen LogP) is 3.65. The number of fused-ring (bicyclic) bond motifs is 2. The number of hydrogen-bond acceptors (Lipinski definition) is 5. The fourth-order valence-corrected chi connectivity index (χ4v) is 4.54. The van der Waals surface area contributed by atoms with E-state index in [0.717, 1.165) is 30.0 Å². The molecule has 1 aliphatic carbocycles. The molecule has 0 fully saturated rings. The van der Waals surface area contributed by atoms with Gasteiger partial charge in [0, 0.05) is 0 Å². The van der Waals surface area contributed by atoms with Crippen molar-refractivity contribution in [2.45, 2.75) is 0 Å². The van der Waals surface area contributed by atoms with Crippen LogP contribution in [0.2, 0.25) is 0 Å². The van der Waals surface area contributed by atoms with Crippen molar-refractivity contribution in [3.05, 3.63) is 19.0 Å². The van der Waals surface area contributed by atoms with Gasteiger partial charge in [0.05, 0.1) is 21.8 Å². The van der Waals surface area contributed by atoms with Crippen LogP contribution >= 0.6 is 43.2 Å². The van der Waals surface area contributed by atoms with Crippen molar-refractivity contribution >= 4 is 65.7 Å². The van der Waals surface area contributed by atoms with E-state index in [1.165, 1.54) is 0 Å². The second-order valence-electron chi connectivity index (χ2n) is 3.33. The summed E-state index contributed by atoms with van der Waals surface area (Å²) in [6.07, 6.45) is 0.